The minimum absolute atomic E-state index is 0.0207. The molecule has 0 aromatic carbocycles. The molecular weight excluding hydrogens is 448 g/mol. The van der Waals surface area contributed by atoms with Crippen LogP contribution in [0.15, 0.2) is 12.1 Å². The largest absolute Gasteiger partial charge is 0.484 e. The van der Waals surface area contributed by atoms with Crippen LogP contribution in [0.25, 0.3) is 0 Å². The number of esters is 1. The van der Waals surface area contributed by atoms with Crippen LogP contribution in [0.1, 0.15) is 101 Å². The fourth-order valence-corrected chi connectivity index (χ4v) is 5.58. The molecule has 1 aromatic rings. The molecule has 2 N–H and O–H groups in total. The third-order valence-electron chi connectivity index (χ3n) is 6.97. The van der Waals surface area contributed by atoms with Crippen molar-refractivity contribution in [3.05, 3.63) is 17.0 Å². The smallest absolute Gasteiger partial charge is 0.348 e. The number of thiophene rings is 1. The predicted octanol–water partition coefficient (Wildman–Crippen LogP) is 5.91. The summed E-state index contributed by atoms with van der Waals surface area (Å²) in [4.78, 5) is 13.2. The van der Waals surface area contributed by atoms with Crippen molar-refractivity contribution in [2.24, 2.45) is 5.92 Å². The fraction of sp³-hybridized carbons (Fsp3) is 0.815. The van der Waals surface area contributed by atoms with Crippen LogP contribution in [0.5, 0.6) is 5.06 Å². The summed E-state index contributed by atoms with van der Waals surface area (Å²) in [5.41, 5.74) is 0. The quantitative estimate of drug-likeness (QED) is 0.233. The molecule has 2 fully saturated rings. The van der Waals surface area contributed by atoms with Crippen molar-refractivity contribution >= 4 is 17.3 Å². The van der Waals surface area contributed by atoms with E-state index in [0.717, 1.165) is 63.3 Å². The second-order valence-electron chi connectivity index (χ2n) is 9.82. The van der Waals surface area contributed by atoms with Crippen LogP contribution in [-0.4, -0.2) is 50.6 Å². The van der Waals surface area contributed by atoms with Crippen LogP contribution in [0.3, 0.4) is 0 Å². The maximum Gasteiger partial charge on any atom is 0.348 e. The molecule has 0 atom stereocenters. The molecule has 1 aliphatic heterocycles. The van der Waals surface area contributed by atoms with Gasteiger partial charge in [-0.05, 0) is 56.6 Å². The van der Waals surface area contributed by atoms with Gasteiger partial charge in [-0.25, -0.2) is 4.79 Å². The zero-order valence-electron chi connectivity index (χ0n) is 21.3. The van der Waals surface area contributed by atoms with Crippen molar-refractivity contribution in [3.8, 4) is 5.06 Å². The summed E-state index contributed by atoms with van der Waals surface area (Å²) in [7, 11) is 0. The minimum Gasteiger partial charge on any atom is -0.484 e. The van der Waals surface area contributed by atoms with Gasteiger partial charge in [0.2, 0.25) is 0 Å². The number of rotatable bonds is 15. The van der Waals surface area contributed by atoms with E-state index < -0.39 is 0 Å². The summed E-state index contributed by atoms with van der Waals surface area (Å²) in [6, 6.07) is 3.69. The van der Waals surface area contributed by atoms with Gasteiger partial charge >= 0.3 is 5.97 Å². The van der Waals surface area contributed by atoms with E-state index in [1.165, 1.54) is 49.9 Å². The van der Waals surface area contributed by atoms with E-state index in [0.29, 0.717) is 23.6 Å². The van der Waals surface area contributed by atoms with Crippen LogP contribution >= 0.6 is 11.3 Å². The SMILES string of the molecule is CCCCCCCCOC1CNC(C2CCC(OC(=O)c3ccc(OCCCC)s3)CC2)NC1. The zero-order chi connectivity index (χ0) is 24.0. The Balaban J connectivity index is 1.26. The molecule has 0 spiro atoms. The Morgan fingerprint density at radius 2 is 1.59 bits per heavy atom. The molecule has 1 aromatic heterocycles. The summed E-state index contributed by atoms with van der Waals surface area (Å²) in [6.45, 7) is 7.81. The van der Waals surface area contributed by atoms with Gasteiger partial charge in [-0.15, -0.1) is 0 Å². The fourth-order valence-electron chi connectivity index (χ4n) is 4.82. The molecule has 0 bridgehead atoms. The molecule has 2 aliphatic rings. The normalized spacial score (nSPS) is 25.2. The van der Waals surface area contributed by atoms with Crippen molar-refractivity contribution in [2.75, 3.05) is 26.3 Å². The van der Waals surface area contributed by atoms with Crippen LogP contribution in [-0.2, 0) is 9.47 Å². The monoisotopic (exact) mass is 494 g/mol. The molecule has 7 heteroatoms. The van der Waals surface area contributed by atoms with Crippen molar-refractivity contribution in [3.63, 3.8) is 0 Å². The molecule has 34 heavy (non-hydrogen) atoms. The van der Waals surface area contributed by atoms with Gasteiger partial charge < -0.3 is 14.2 Å². The number of nitrogens with one attached hydrogen (secondary N) is 2. The molecule has 1 aliphatic carbocycles. The molecule has 6 nitrogen and oxygen atoms in total. The Morgan fingerprint density at radius 3 is 2.32 bits per heavy atom. The molecule has 0 unspecified atom stereocenters. The zero-order valence-corrected chi connectivity index (χ0v) is 22.1. The molecule has 2 heterocycles. The summed E-state index contributed by atoms with van der Waals surface area (Å²) in [5.74, 6) is 0.368. The van der Waals surface area contributed by atoms with Gasteiger partial charge in [0.1, 0.15) is 11.0 Å². The van der Waals surface area contributed by atoms with E-state index in [2.05, 4.69) is 24.5 Å². The van der Waals surface area contributed by atoms with E-state index >= 15 is 0 Å². The topological polar surface area (TPSA) is 68.8 Å². The first-order chi connectivity index (χ1) is 16.7. The Hall–Kier alpha value is -1.15. The maximum absolute atomic E-state index is 12.5. The van der Waals surface area contributed by atoms with E-state index in [-0.39, 0.29) is 18.2 Å². The number of carbonyl (C=O) groups is 1. The first-order valence-corrected chi connectivity index (χ1v) is 14.5. The number of carbonyl (C=O) groups excluding carboxylic acids is 1. The molecular formula is C27H46N2O4S. The number of unbranched alkanes of at least 4 members (excludes halogenated alkanes) is 6. The Bertz CT molecular complexity index is 682. The number of hydrogen-bond donors (Lipinski definition) is 2. The average Bonchev–Trinajstić information content (AvgIpc) is 3.34. The molecule has 194 valence electrons. The third-order valence-corrected chi connectivity index (χ3v) is 7.95. The lowest BCUT2D eigenvalue weighted by atomic mass is 9.84. The lowest BCUT2D eigenvalue weighted by molar-refractivity contribution is 0.00385. The Morgan fingerprint density at radius 1 is 0.882 bits per heavy atom. The van der Waals surface area contributed by atoms with Crippen molar-refractivity contribution < 1.29 is 19.0 Å². The van der Waals surface area contributed by atoms with Crippen LogP contribution in [0.4, 0.5) is 0 Å². The highest BCUT2D eigenvalue weighted by molar-refractivity contribution is 7.15. The van der Waals surface area contributed by atoms with Crippen LogP contribution in [0, 0.1) is 5.92 Å². The number of hydrogen-bond acceptors (Lipinski definition) is 7. The van der Waals surface area contributed by atoms with Crippen LogP contribution in [0.2, 0.25) is 0 Å². The van der Waals surface area contributed by atoms with Gasteiger partial charge in [-0.1, -0.05) is 63.7 Å². The Kier molecular flexibility index (Phi) is 12.7. The molecule has 3 rings (SSSR count). The van der Waals surface area contributed by atoms with Gasteiger partial charge in [0, 0.05) is 19.7 Å². The molecule has 0 amide bonds. The van der Waals surface area contributed by atoms with Gasteiger partial charge in [-0.3, -0.25) is 10.6 Å². The minimum atomic E-state index is -0.210. The summed E-state index contributed by atoms with van der Waals surface area (Å²) in [6.07, 6.45) is 14.6. The first kappa shape index (κ1) is 27.4. The van der Waals surface area contributed by atoms with Gasteiger partial charge in [0.05, 0.1) is 18.9 Å². The van der Waals surface area contributed by atoms with E-state index in [1.54, 1.807) is 0 Å². The second-order valence-corrected chi connectivity index (χ2v) is 10.9. The van der Waals surface area contributed by atoms with Crippen molar-refractivity contribution in [2.45, 2.75) is 109 Å². The lowest BCUT2D eigenvalue weighted by Crippen LogP contribution is -2.59. The highest BCUT2D eigenvalue weighted by Gasteiger charge is 2.32. The standard InChI is InChI=1S/C27H46N2O4S/c1-3-5-7-8-9-10-18-31-23-19-28-26(29-20-23)21-11-13-22(14-12-21)33-27(30)24-15-16-25(34-24)32-17-6-4-2/h15-16,21-23,26,28-29H,3-14,17-20H2,1-2H3. The van der Waals surface area contributed by atoms with Gasteiger partial charge in [0.15, 0.2) is 5.06 Å². The maximum atomic E-state index is 12.5. The third kappa shape index (κ3) is 9.48. The van der Waals surface area contributed by atoms with Crippen molar-refractivity contribution in [1.82, 2.24) is 10.6 Å². The molecule has 1 saturated heterocycles. The van der Waals surface area contributed by atoms with E-state index in [1.807, 2.05) is 12.1 Å². The Labute approximate surface area is 210 Å². The average molecular weight is 495 g/mol. The van der Waals surface area contributed by atoms with Gasteiger partial charge in [-0.2, -0.15) is 0 Å². The molecule has 1 saturated carbocycles. The lowest BCUT2D eigenvalue weighted by Gasteiger charge is -2.39. The van der Waals surface area contributed by atoms with Gasteiger partial charge in [0.25, 0.3) is 0 Å². The summed E-state index contributed by atoms with van der Waals surface area (Å²) in [5, 5.41) is 8.11. The van der Waals surface area contributed by atoms with E-state index in [9.17, 15) is 4.79 Å². The summed E-state index contributed by atoms with van der Waals surface area (Å²) < 4.78 is 17.6. The highest BCUT2D eigenvalue weighted by atomic mass is 32.1. The number of ether oxygens (including phenoxy) is 3. The first-order valence-electron chi connectivity index (χ1n) is 13.7. The van der Waals surface area contributed by atoms with E-state index in [4.69, 9.17) is 14.2 Å². The van der Waals surface area contributed by atoms with Crippen LogP contribution < -0.4 is 15.4 Å². The predicted molar refractivity (Wildman–Crippen MR) is 139 cm³/mol. The highest BCUT2D eigenvalue weighted by Crippen LogP contribution is 2.31. The summed E-state index contributed by atoms with van der Waals surface area (Å²) >= 11 is 1.39. The second kappa shape index (κ2) is 15.8. The molecule has 0 radical (unpaired) electrons. The van der Waals surface area contributed by atoms with Crippen molar-refractivity contribution in [1.29, 1.82) is 0 Å².